The van der Waals surface area contributed by atoms with E-state index in [9.17, 15) is 0 Å². The van der Waals surface area contributed by atoms with Crippen molar-refractivity contribution in [3.63, 3.8) is 0 Å². The van der Waals surface area contributed by atoms with Crippen LogP contribution in [0.1, 0.15) is 0 Å². The fourth-order valence-electron chi connectivity index (χ4n) is 0.982. The van der Waals surface area contributed by atoms with Gasteiger partial charge in [0.15, 0.2) is 6.29 Å². The standard InChI is InChI=1S/C10H12Cl2O3/c1-13-10(14-2)6-15-9-4-3-7(11)5-8(9)12/h3-5,10H,6H2,1-2H3. The van der Waals surface area contributed by atoms with Crippen molar-refractivity contribution >= 4 is 23.2 Å². The summed E-state index contributed by atoms with van der Waals surface area (Å²) in [5.74, 6) is 0.556. The molecule has 0 radical (unpaired) electrons. The molecule has 1 aromatic rings. The molecule has 0 aliphatic carbocycles. The van der Waals surface area contributed by atoms with Gasteiger partial charge in [-0.1, -0.05) is 23.2 Å². The molecule has 0 unspecified atom stereocenters. The Balaban J connectivity index is 2.57. The van der Waals surface area contributed by atoms with Gasteiger partial charge in [-0.2, -0.15) is 0 Å². The van der Waals surface area contributed by atoms with Gasteiger partial charge in [0, 0.05) is 19.2 Å². The summed E-state index contributed by atoms with van der Waals surface area (Å²) in [7, 11) is 3.09. The SMILES string of the molecule is COC(COc1ccc(Cl)cc1Cl)OC. The third-order valence-corrected chi connectivity index (χ3v) is 2.33. The van der Waals surface area contributed by atoms with Gasteiger partial charge in [0.25, 0.3) is 0 Å². The van der Waals surface area contributed by atoms with Crippen molar-refractivity contribution in [2.75, 3.05) is 20.8 Å². The molecule has 1 rings (SSSR count). The largest absolute Gasteiger partial charge is 0.487 e. The molecule has 0 saturated carbocycles. The lowest BCUT2D eigenvalue weighted by Crippen LogP contribution is -2.22. The molecule has 0 saturated heterocycles. The van der Waals surface area contributed by atoms with E-state index in [0.29, 0.717) is 15.8 Å². The number of ether oxygens (including phenoxy) is 3. The van der Waals surface area contributed by atoms with Crippen LogP contribution in [0.4, 0.5) is 0 Å². The Kier molecular flexibility index (Phi) is 5.19. The van der Waals surface area contributed by atoms with E-state index in [1.165, 1.54) is 0 Å². The zero-order valence-electron chi connectivity index (χ0n) is 8.50. The molecule has 0 aliphatic rings. The molecule has 1 aromatic carbocycles. The zero-order chi connectivity index (χ0) is 11.3. The fourth-order valence-corrected chi connectivity index (χ4v) is 1.45. The van der Waals surface area contributed by atoms with Crippen molar-refractivity contribution < 1.29 is 14.2 Å². The van der Waals surface area contributed by atoms with E-state index in [-0.39, 0.29) is 6.61 Å². The Bertz CT molecular complexity index is 314. The van der Waals surface area contributed by atoms with Crippen LogP contribution in [0.5, 0.6) is 5.75 Å². The van der Waals surface area contributed by atoms with Crippen LogP contribution in [-0.2, 0) is 9.47 Å². The molecule has 0 spiro atoms. The van der Waals surface area contributed by atoms with Crippen LogP contribution in [0.25, 0.3) is 0 Å². The molecule has 0 atom stereocenters. The minimum absolute atomic E-state index is 0.272. The fraction of sp³-hybridized carbons (Fsp3) is 0.400. The predicted octanol–water partition coefficient (Wildman–Crippen LogP) is 2.99. The van der Waals surface area contributed by atoms with E-state index in [1.807, 2.05) is 0 Å². The summed E-state index contributed by atoms with van der Waals surface area (Å²) in [6.07, 6.45) is -0.406. The van der Waals surface area contributed by atoms with Crippen molar-refractivity contribution in [2.24, 2.45) is 0 Å². The number of benzene rings is 1. The van der Waals surface area contributed by atoms with Crippen molar-refractivity contribution in [3.8, 4) is 5.75 Å². The average molecular weight is 251 g/mol. The number of methoxy groups -OCH3 is 2. The van der Waals surface area contributed by atoms with Gasteiger partial charge >= 0.3 is 0 Å². The first kappa shape index (κ1) is 12.6. The second kappa shape index (κ2) is 6.18. The third-order valence-electron chi connectivity index (χ3n) is 1.79. The van der Waals surface area contributed by atoms with Crippen molar-refractivity contribution in [1.29, 1.82) is 0 Å². The van der Waals surface area contributed by atoms with Gasteiger partial charge in [0.1, 0.15) is 12.4 Å². The highest BCUT2D eigenvalue weighted by Gasteiger charge is 2.08. The Morgan fingerprint density at radius 2 is 1.87 bits per heavy atom. The maximum absolute atomic E-state index is 5.91. The molecule has 15 heavy (non-hydrogen) atoms. The average Bonchev–Trinajstić information content (AvgIpc) is 2.22. The van der Waals surface area contributed by atoms with E-state index in [4.69, 9.17) is 37.4 Å². The molecule has 0 aromatic heterocycles. The highest BCUT2D eigenvalue weighted by atomic mass is 35.5. The topological polar surface area (TPSA) is 27.7 Å². The van der Waals surface area contributed by atoms with Crippen LogP contribution >= 0.6 is 23.2 Å². The molecule has 0 aliphatic heterocycles. The van der Waals surface area contributed by atoms with Gasteiger partial charge in [-0.3, -0.25) is 0 Å². The van der Waals surface area contributed by atoms with Gasteiger partial charge in [-0.05, 0) is 18.2 Å². The second-order valence-corrected chi connectivity index (χ2v) is 3.63. The highest BCUT2D eigenvalue weighted by Crippen LogP contribution is 2.27. The van der Waals surface area contributed by atoms with Gasteiger partial charge in [-0.25, -0.2) is 0 Å². The number of hydrogen-bond donors (Lipinski definition) is 0. The number of halogens is 2. The molecule has 0 heterocycles. The van der Waals surface area contributed by atoms with Gasteiger partial charge in [-0.15, -0.1) is 0 Å². The minimum atomic E-state index is -0.406. The lowest BCUT2D eigenvalue weighted by molar-refractivity contribution is -0.121. The Morgan fingerprint density at radius 1 is 1.20 bits per heavy atom. The maximum atomic E-state index is 5.91. The Labute approximate surface area is 98.8 Å². The summed E-state index contributed by atoms with van der Waals surface area (Å²) in [6.45, 7) is 0.272. The molecular weight excluding hydrogens is 239 g/mol. The molecule has 0 N–H and O–H groups in total. The first-order valence-electron chi connectivity index (χ1n) is 4.30. The van der Waals surface area contributed by atoms with Gasteiger partial charge < -0.3 is 14.2 Å². The molecule has 0 amide bonds. The lowest BCUT2D eigenvalue weighted by Gasteiger charge is -2.14. The summed E-state index contributed by atoms with van der Waals surface area (Å²) in [5.41, 5.74) is 0. The summed E-state index contributed by atoms with van der Waals surface area (Å²) in [5, 5.41) is 1.04. The molecule has 84 valence electrons. The first-order chi connectivity index (χ1) is 7.17. The lowest BCUT2D eigenvalue weighted by atomic mass is 10.3. The molecular formula is C10H12Cl2O3. The summed E-state index contributed by atoms with van der Waals surface area (Å²) in [6, 6.07) is 5.03. The second-order valence-electron chi connectivity index (χ2n) is 2.79. The predicted molar refractivity (Wildman–Crippen MR) is 59.8 cm³/mol. The Morgan fingerprint density at radius 3 is 2.40 bits per heavy atom. The van der Waals surface area contributed by atoms with Crippen LogP contribution in [0.3, 0.4) is 0 Å². The van der Waals surface area contributed by atoms with Gasteiger partial charge in [0.05, 0.1) is 5.02 Å². The van der Waals surface area contributed by atoms with E-state index < -0.39 is 6.29 Å². The first-order valence-corrected chi connectivity index (χ1v) is 5.06. The van der Waals surface area contributed by atoms with Crippen LogP contribution in [-0.4, -0.2) is 27.1 Å². The van der Waals surface area contributed by atoms with Crippen molar-refractivity contribution in [2.45, 2.75) is 6.29 Å². The maximum Gasteiger partial charge on any atom is 0.191 e. The Hall–Kier alpha value is -0.480. The highest BCUT2D eigenvalue weighted by molar-refractivity contribution is 6.35. The van der Waals surface area contributed by atoms with Crippen LogP contribution in [0, 0.1) is 0 Å². The van der Waals surface area contributed by atoms with E-state index >= 15 is 0 Å². The molecule has 0 bridgehead atoms. The molecule has 5 heteroatoms. The van der Waals surface area contributed by atoms with Crippen LogP contribution in [0.15, 0.2) is 18.2 Å². The summed E-state index contributed by atoms with van der Waals surface area (Å²) in [4.78, 5) is 0. The minimum Gasteiger partial charge on any atom is -0.487 e. The van der Waals surface area contributed by atoms with Crippen molar-refractivity contribution in [1.82, 2.24) is 0 Å². The van der Waals surface area contributed by atoms with Crippen molar-refractivity contribution in [3.05, 3.63) is 28.2 Å². The molecule has 3 nitrogen and oxygen atoms in total. The molecule has 0 fully saturated rings. The summed E-state index contributed by atoms with van der Waals surface area (Å²) >= 11 is 11.7. The van der Waals surface area contributed by atoms with E-state index in [1.54, 1.807) is 32.4 Å². The normalized spacial score (nSPS) is 10.7. The number of hydrogen-bond acceptors (Lipinski definition) is 3. The quantitative estimate of drug-likeness (QED) is 0.753. The summed E-state index contributed by atoms with van der Waals surface area (Å²) < 4.78 is 15.3. The van der Waals surface area contributed by atoms with Crippen LogP contribution < -0.4 is 4.74 Å². The van der Waals surface area contributed by atoms with E-state index in [0.717, 1.165) is 0 Å². The number of rotatable bonds is 5. The third kappa shape index (κ3) is 3.87. The van der Waals surface area contributed by atoms with Crippen LogP contribution in [0.2, 0.25) is 10.0 Å². The van der Waals surface area contributed by atoms with E-state index in [2.05, 4.69) is 0 Å². The smallest absolute Gasteiger partial charge is 0.191 e. The monoisotopic (exact) mass is 250 g/mol. The zero-order valence-corrected chi connectivity index (χ0v) is 10.0. The van der Waals surface area contributed by atoms with Gasteiger partial charge in [0.2, 0.25) is 0 Å².